The van der Waals surface area contributed by atoms with Crippen LogP contribution in [-0.4, -0.2) is 11.7 Å². The summed E-state index contributed by atoms with van der Waals surface area (Å²) < 4.78 is 13.5. The SMILES string of the molecule is Cc1ccc(CNc2ccccc2SCC(N)=O)cc1F. The molecule has 0 unspecified atom stereocenters. The van der Waals surface area contributed by atoms with E-state index in [0.717, 1.165) is 16.1 Å². The molecule has 0 aliphatic heterocycles. The summed E-state index contributed by atoms with van der Waals surface area (Å²) in [6.07, 6.45) is 0. The molecule has 1 amide bonds. The highest BCUT2D eigenvalue weighted by atomic mass is 32.2. The molecule has 0 aromatic heterocycles. The van der Waals surface area contributed by atoms with Crippen molar-refractivity contribution in [3.8, 4) is 0 Å². The van der Waals surface area contributed by atoms with Gasteiger partial charge in [0.15, 0.2) is 0 Å². The number of anilines is 1. The molecule has 3 N–H and O–H groups in total. The Morgan fingerprint density at radius 2 is 2.05 bits per heavy atom. The predicted molar refractivity (Wildman–Crippen MR) is 84.8 cm³/mol. The van der Waals surface area contributed by atoms with Crippen molar-refractivity contribution in [1.82, 2.24) is 0 Å². The van der Waals surface area contributed by atoms with Crippen molar-refractivity contribution >= 4 is 23.4 Å². The smallest absolute Gasteiger partial charge is 0.227 e. The lowest BCUT2D eigenvalue weighted by Crippen LogP contribution is -2.13. The van der Waals surface area contributed by atoms with E-state index in [0.29, 0.717) is 12.1 Å². The van der Waals surface area contributed by atoms with Crippen LogP contribution in [0.25, 0.3) is 0 Å². The Morgan fingerprint density at radius 1 is 1.29 bits per heavy atom. The third kappa shape index (κ3) is 4.49. The molecule has 0 saturated heterocycles. The number of rotatable bonds is 6. The molecule has 2 aromatic rings. The van der Waals surface area contributed by atoms with Gasteiger partial charge in [-0.05, 0) is 36.2 Å². The second-order valence-electron chi connectivity index (χ2n) is 4.69. The summed E-state index contributed by atoms with van der Waals surface area (Å²) in [7, 11) is 0. The molecule has 2 rings (SSSR count). The molecule has 5 heteroatoms. The quantitative estimate of drug-likeness (QED) is 0.805. The number of amides is 1. The molecule has 21 heavy (non-hydrogen) atoms. The average molecular weight is 304 g/mol. The molecule has 0 bridgehead atoms. The Kier molecular flexibility index (Phi) is 5.22. The van der Waals surface area contributed by atoms with Gasteiger partial charge in [0.1, 0.15) is 5.82 Å². The van der Waals surface area contributed by atoms with Gasteiger partial charge in [0.05, 0.1) is 5.75 Å². The van der Waals surface area contributed by atoms with E-state index in [9.17, 15) is 9.18 Å². The zero-order valence-electron chi connectivity index (χ0n) is 11.7. The van der Waals surface area contributed by atoms with Crippen LogP contribution in [0.4, 0.5) is 10.1 Å². The largest absolute Gasteiger partial charge is 0.380 e. The topological polar surface area (TPSA) is 55.1 Å². The Morgan fingerprint density at radius 3 is 2.76 bits per heavy atom. The fourth-order valence-electron chi connectivity index (χ4n) is 1.83. The molecule has 2 aromatic carbocycles. The van der Waals surface area contributed by atoms with Crippen molar-refractivity contribution in [3.63, 3.8) is 0 Å². The van der Waals surface area contributed by atoms with Gasteiger partial charge in [0, 0.05) is 17.1 Å². The lowest BCUT2D eigenvalue weighted by molar-refractivity contribution is -0.115. The lowest BCUT2D eigenvalue weighted by Gasteiger charge is -2.11. The molecule has 0 heterocycles. The highest BCUT2D eigenvalue weighted by molar-refractivity contribution is 8.00. The molecule has 0 saturated carbocycles. The number of thioether (sulfide) groups is 1. The fourth-order valence-corrected chi connectivity index (χ4v) is 2.60. The van der Waals surface area contributed by atoms with Gasteiger partial charge in [0.2, 0.25) is 5.91 Å². The first-order valence-corrected chi connectivity index (χ1v) is 7.54. The number of primary amides is 1. The highest BCUT2D eigenvalue weighted by Gasteiger charge is 2.05. The van der Waals surface area contributed by atoms with Crippen LogP contribution in [0.1, 0.15) is 11.1 Å². The van der Waals surface area contributed by atoms with E-state index < -0.39 is 0 Å². The predicted octanol–water partition coefficient (Wildman–Crippen LogP) is 3.32. The van der Waals surface area contributed by atoms with E-state index in [2.05, 4.69) is 5.32 Å². The van der Waals surface area contributed by atoms with E-state index >= 15 is 0 Å². The van der Waals surface area contributed by atoms with Gasteiger partial charge in [0.25, 0.3) is 0 Å². The number of benzene rings is 2. The van der Waals surface area contributed by atoms with Gasteiger partial charge in [-0.15, -0.1) is 11.8 Å². The van der Waals surface area contributed by atoms with Crippen molar-refractivity contribution in [2.24, 2.45) is 5.73 Å². The number of carbonyl (C=O) groups is 1. The fraction of sp³-hybridized carbons (Fsp3) is 0.188. The third-order valence-corrected chi connectivity index (χ3v) is 4.07. The summed E-state index contributed by atoms with van der Waals surface area (Å²) in [5, 5.41) is 3.26. The number of carbonyl (C=O) groups excluding carboxylic acids is 1. The van der Waals surface area contributed by atoms with Crippen LogP contribution < -0.4 is 11.1 Å². The molecule has 0 atom stereocenters. The summed E-state index contributed by atoms with van der Waals surface area (Å²) in [5.74, 6) is -0.321. The standard InChI is InChI=1S/C16H17FN2OS/c1-11-6-7-12(8-13(11)17)9-19-14-4-2-3-5-15(14)21-10-16(18)20/h2-8,19H,9-10H2,1H3,(H2,18,20). The van der Waals surface area contributed by atoms with Gasteiger partial charge in [-0.2, -0.15) is 0 Å². The zero-order chi connectivity index (χ0) is 15.2. The summed E-state index contributed by atoms with van der Waals surface area (Å²) in [4.78, 5) is 11.8. The lowest BCUT2D eigenvalue weighted by atomic mass is 10.1. The molecule has 3 nitrogen and oxygen atoms in total. The molecule has 110 valence electrons. The minimum atomic E-state index is -0.351. The van der Waals surface area contributed by atoms with Gasteiger partial charge < -0.3 is 11.1 Å². The Labute approximate surface area is 127 Å². The van der Waals surface area contributed by atoms with Crippen LogP contribution in [0.15, 0.2) is 47.4 Å². The molecule has 0 aliphatic rings. The maximum Gasteiger partial charge on any atom is 0.227 e. The van der Waals surface area contributed by atoms with Crippen LogP contribution in [0, 0.1) is 12.7 Å². The van der Waals surface area contributed by atoms with Gasteiger partial charge in [-0.1, -0.05) is 24.3 Å². The monoisotopic (exact) mass is 304 g/mol. The van der Waals surface area contributed by atoms with Gasteiger partial charge in [-0.25, -0.2) is 4.39 Å². The second kappa shape index (κ2) is 7.13. The molecule has 0 fully saturated rings. The van der Waals surface area contributed by atoms with Crippen molar-refractivity contribution < 1.29 is 9.18 Å². The number of halogens is 1. The van der Waals surface area contributed by atoms with Crippen LogP contribution in [0.2, 0.25) is 0 Å². The number of hydrogen-bond donors (Lipinski definition) is 2. The van der Waals surface area contributed by atoms with Crippen molar-refractivity contribution in [2.45, 2.75) is 18.4 Å². The minimum Gasteiger partial charge on any atom is -0.380 e. The van der Waals surface area contributed by atoms with E-state index in [4.69, 9.17) is 5.73 Å². The third-order valence-electron chi connectivity index (χ3n) is 2.98. The molecule has 0 spiro atoms. The maximum atomic E-state index is 13.5. The molecule has 0 aliphatic carbocycles. The Bertz CT molecular complexity index is 646. The second-order valence-corrected chi connectivity index (χ2v) is 5.71. The van der Waals surface area contributed by atoms with E-state index in [1.807, 2.05) is 30.3 Å². The summed E-state index contributed by atoms with van der Waals surface area (Å²) >= 11 is 1.38. The van der Waals surface area contributed by atoms with E-state index in [1.165, 1.54) is 17.8 Å². The first-order chi connectivity index (χ1) is 10.1. The average Bonchev–Trinajstić information content (AvgIpc) is 2.47. The van der Waals surface area contributed by atoms with Crippen LogP contribution in [-0.2, 0) is 11.3 Å². The van der Waals surface area contributed by atoms with Crippen LogP contribution in [0.5, 0.6) is 0 Å². The highest BCUT2D eigenvalue weighted by Crippen LogP contribution is 2.27. The summed E-state index contributed by atoms with van der Waals surface area (Å²) in [5.41, 5.74) is 7.58. The Balaban J connectivity index is 2.05. The molecular formula is C16H17FN2OS. The van der Waals surface area contributed by atoms with Crippen molar-refractivity contribution in [1.29, 1.82) is 0 Å². The molecule has 0 radical (unpaired) electrons. The summed E-state index contributed by atoms with van der Waals surface area (Å²) in [6.45, 7) is 2.26. The maximum absolute atomic E-state index is 13.5. The van der Waals surface area contributed by atoms with Gasteiger partial charge in [-0.3, -0.25) is 4.79 Å². The van der Waals surface area contributed by atoms with Crippen molar-refractivity contribution in [2.75, 3.05) is 11.1 Å². The number of nitrogens with two attached hydrogens (primary N) is 1. The van der Waals surface area contributed by atoms with Crippen LogP contribution in [0.3, 0.4) is 0 Å². The number of nitrogens with one attached hydrogen (secondary N) is 1. The zero-order valence-corrected chi connectivity index (χ0v) is 12.5. The minimum absolute atomic E-state index is 0.203. The number of hydrogen-bond acceptors (Lipinski definition) is 3. The Hall–Kier alpha value is -2.01. The normalized spacial score (nSPS) is 10.4. The van der Waals surface area contributed by atoms with Crippen molar-refractivity contribution in [3.05, 3.63) is 59.4 Å². The number of aryl methyl sites for hydroxylation is 1. The first-order valence-electron chi connectivity index (χ1n) is 6.55. The number of para-hydroxylation sites is 1. The van der Waals surface area contributed by atoms with Crippen LogP contribution >= 0.6 is 11.8 Å². The first kappa shape index (κ1) is 15.4. The van der Waals surface area contributed by atoms with E-state index in [1.54, 1.807) is 13.0 Å². The van der Waals surface area contributed by atoms with Gasteiger partial charge >= 0.3 is 0 Å². The van der Waals surface area contributed by atoms with E-state index in [-0.39, 0.29) is 17.5 Å². The summed E-state index contributed by atoms with van der Waals surface area (Å²) in [6, 6.07) is 12.8. The molecular weight excluding hydrogens is 287 g/mol.